The number of hydrogen-bond acceptors (Lipinski definition) is 5. The van der Waals surface area contributed by atoms with E-state index in [1.807, 2.05) is 50.2 Å². The molecule has 0 aromatic heterocycles. The molecule has 186 valence electrons. The minimum absolute atomic E-state index is 0.343. The molecule has 0 atom stereocenters. The second-order valence-electron chi connectivity index (χ2n) is 8.09. The minimum atomic E-state index is -0.519. The molecule has 7 heteroatoms. The first-order valence-electron chi connectivity index (χ1n) is 11.7. The fourth-order valence-corrected chi connectivity index (χ4v) is 3.42. The van der Waals surface area contributed by atoms with Crippen LogP contribution in [0.4, 0.5) is 5.69 Å². The highest BCUT2D eigenvalue weighted by atomic mass is 16.5. The zero-order chi connectivity index (χ0) is 25.8. The molecule has 0 aliphatic heterocycles. The van der Waals surface area contributed by atoms with Crippen molar-refractivity contribution in [2.24, 2.45) is 5.10 Å². The molecule has 0 radical (unpaired) electrons. The molecule has 0 unspecified atom stereocenters. The number of allylic oxidation sites excluding steroid dienone is 1. The van der Waals surface area contributed by atoms with Crippen LogP contribution in [0.2, 0.25) is 0 Å². The van der Waals surface area contributed by atoms with E-state index >= 15 is 0 Å². The van der Waals surface area contributed by atoms with E-state index in [-0.39, 0.29) is 6.42 Å². The van der Waals surface area contributed by atoms with Crippen molar-refractivity contribution < 1.29 is 19.1 Å². The Morgan fingerprint density at radius 2 is 1.75 bits per heavy atom. The van der Waals surface area contributed by atoms with Gasteiger partial charge in [-0.15, -0.1) is 6.58 Å². The molecule has 3 aromatic rings. The van der Waals surface area contributed by atoms with Gasteiger partial charge < -0.3 is 14.8 Å². The topological polar surface area (TPSA) is 89.0 Å². The van der Waals surface area contributed by atoms with Crippen molar-refractivity contribution in [2.75, 3.05) is 11.9 Å². The van der Waals surface area contributed by atoms with Crippen LogP contribution in [0, 0.1) is 6.92 Å². The molecule has 0 bridgehead atoms. The van der Waals surface area contributed by atoms with E-state index in [9.17, 15) is 9.59 Å². The molecule has 0 fully saturated rings. The maximum atomic E-state index is 12.1. The van der Waals surface area contributed by atoms with Crippen molar-refractivity contribution in [1.29, 1.82) is 0 Å². The van der Waals surface area contributed by atoms with E-state index < -0.39 is 11.8 Å². The largest absolute Gasteiger partial charge is 0.490 e. The van der Waals surface area contributed by atoms with E-state index in [4.69, 9.17) is 9.47 Å². The maximum Gasteiger partial charge on any atom is 0.249 e. The van der Waals surface area contributed by atoms with Crippen molar-refractivity contribution in [2.45, 2.75) is 33.3 Å². The monoisotopic (exact) mass is 485 g/mol. The third-order valence-electron chi connectivity index (χ3n) is 5.10. The van der Waals surface area contributed by atoms with Crippen LogP contribution in [-0.2, 0) is 22.6 Å². The number of nitrogens with one attached hydrogen (secondary N) is 2. The number of amides is 2. The van der Waals surface area contributed by atoms with Crippen LogP contribution < -0.4 is 20.2 Å². The standard InChI is InChI=1S/C29H31N3O4/c1-4-9-24-16-23(19-30-32-28(34)18-27(33)31-25-10-7-6-8-11-25)17-26(35-5-2)29(24)36-20-22-14-12-21(3)13-15-22/h4,6-8,10-17,19H,1,5,9,18,20H2,2-3H3,(H,31,33)(H,32,34). The van der Waals surface area contributed by atoms with Gasteiger partial charge in [-0.1, -0.05) is 54.1 Å². The summed E-state index contributed by atoms with van der Waals surface area (Å²) in [5.74, 6) is 0.292. The summed E-state index contributed by atoms with van der Waals surface area (Å²) < 4.78 is 12.0. The minimum Gasteiger partial charge on any atom is -0.490 e. The van der Waals surface area contributed by atoms with Crippen LogP contribution in [0.1, 0.15) is 35.6 Å². The Morgan fingerprint density at radius 3 is 2.44 bits per heavy atom. The first-order valence-corrected chi connectivity index (χ1v) is 11.7. The third-order valence-corrected chi connectivity index (χ3v) is 5.10. The van der Waals surface area contributed by atoms with Crippen molar-refractivity contribution in [3.05, 3.63) is 102 Å². The Hall–Kier alpha value is -4.39. The lowest BCUT2D eigenvalue weighted by molar-refractivity contribution is -0.126. The molecular formula is C29H31N3O4. The highest BCUT2D eigenvalue weighted by molar-refractivity contribution is 6.03. The molecule has 0 aliphatic carbocycles. The molecule has 0 spiro atoms. The molecule has 0 heterocycles. The van der Waals surface area contributed by atoms with Gasteiger partial charge in [0.05, 0.1) is 12.8 Å². The Morgan fingerprint density at radius 1 is 1.00 bits per heavy atom. The number of rotatable bonds is 12. The maximum absolute atomic E-state index is 12.1. The summed E-state index contributed by atoms with van der Waals surface area (Å²) in [6.45, 7) is 8.66. The van der Waals surface area contributed by atoms with Gasteiger partial charge in [0.25, 0.3) is 0 Å². The first-order chi connectivity index (χ1) is 17.5. The highest BCUT2D eigenvalue weighted by Crippen LogP contribution is 2.34. The van der Waals surface area contributed by atoms with Gasteiger partial charge in [0.1, 0.15) is 13.0 Å². The number of hydrogen-bond donors (Lipinski definition) is 2. The smallest absolute Gasteiger partial charge is 0.249 e. The summed E-state index contributed by atoms with van der Waals surface area (Å²) in [4.78, 5) is 24.2. The molecule has 0 saturated carbocycles. The number of para-hydroxylation sites is 1. The molecule has 0 saturated heterocycles. The molecule has 2 amide bonds. The number of benzene rings is 3. The number of carbonyl (C=O) groups is 2. The van der Waals surface area contributed by atoms with Gasteiger partial charge in [0, 0.05) is 11.3 Å². The fourth-order valence-electron chi connectivity index (χ4n) is 3.42. The number of anilines is 1. The molecule has 2 N–H and O–H groups in total. The lowest BCUT2D eigenvalue weighted by Crippen LogP contribution is -2.24. The summed E-state index contributed by atoms with van der Waals surface area (Å²) in [5.41, 5.74) is 6.86. The van der Waals surface area contributed by atoms with Crippen LogP contribution in [0.3, 0.4) is 0 Å². The predicted octanol–water partition coefficient (Wildman–Crippen LogP) is 5.18. The molecule has 3 rings (SSSR count). The SMILES string of the molecule is C=CCc1cc(C=NNC(=O)CC(=O)Nc2ccccc2)cc(OCC)c1OCc1ccc(C)cc1. The summed E-state index contributed by atoms with van der Waals surface area (Å²) >= 11 is 0. The van der Waals surface area contributed by atoms with Gasteiger partial charge >= 0.3 is 0 Å². The van der Waals surface area contributed by atoms with E-state index in [0.29, 0.717) is 42.4 Å². The number of nitrogens with zero attached hydrogens (tertiary/aromatic N) is 1. The van der Waals surface area contributed by atoms with Gasteiger partial charge in [0.2, 0.25) is 11.8 Å². The summed E-state index contributed by atoms with van der Waals surface area (Å²) in [5, 5.41) is 6.67. The molecule has 0 aliphatic rings. The van der Waals surface area contributed by atoms with Crippen molar-refractivity contribution in [1.82, 2.24) is 5.43 Å². The number of aryl methyl sites for hydroxylation is 1. The Kier molecular flexibility index (Phi) is 9.82. The van der Waals surface area contributed by atoms with Crippen LogP contribution in [0.5, 0.6) is 11.5 Å². The Labute approximate surface area is 211 Å². The Balaban J connectivity index is 1.67. The molecule has 36 heavy (non-hydrogen) atoms. The van der Waals surface area contributed by atoms with Crippen LogP contribution in [0.15, 0.2) is 84.5 Å². The van der Waals surface area contributed by atoms with Gasteiger partial charge in [0.15, 0.2) is 11.5 Å². The molecular weight excluding hydrogens is 454 g/mol. The fraction of sp³-hybridized carbons (Fsp3) is 0.207. The van der Waals surface area contributed by atoms with Gasteiger partial charge in [-0.3, -0.25) is 9.59 Å². The zero-order valence-electron chi connectivity index (χ0n) is 20.6. The second kappa shape index (κ2) is 13.5. The van der Waals surface area contributed by atoms with Gasteiger partial charge in [-0.2, -0.15) is 5.10 Å². The number of ether oxygens (including phenoxy) is 2. The Bertz CT molecular complexity index is 1210. The van der Waals surface area contributed by atoms with E-state index in [1.165, 1.54) is 11.8 Å². The third kappa shape index (κ3) is 8.13. The summed E-state index contributed by atoms with van der Waals surface area (Å²) in [6.07, 6.45) is 3.52. The van der Waals surface area contributed by atoms with Crippen molar-refractivity contribution in [3.8, 4) is 11.5 Å². The lowest BCUT2D eigenvalue weighted by atomic mass is 10.1. The summed E-state index contributed by atoms with van der Waals surface area (Å²) in [6, 6.07) is 20.8. The predicted molar refractivity (Wildman–Crippen MR) is 142 cm³/mol. The van der Waals surface area contributed by atoms with Crippen molar-refractivity contribution >= 4 is 23.7 Å². The van der Waals surface area contributed by atoms with E-state index in [2.05, 4.69) is 22.4 Å². The average molecular weight is 486 g/mol. The highest BCUT2D eigenvalue weighted by Gasteiger charge is 2.14. The summed E-state index contributed by atoms with van der Waals surface area (Å²) in [7, 11) is 0. The van der Waals surface area contributed by atoms with E-state index in [1.54, 1.807) is 36.4 Å². The van der Waals surface area contributed by atoms with Crippen LogP contribution in [0.25, 0.3) is 0 Å². The molecule has 7 nitrogen and oxygen atoms in total. The number of hydrazone groups is 1. The normalized spacial score (nSPS) is 10.6. The zero-order valence-corrected chi connectivity index (χ0v) is 20.6. The molecule has 3 aromatic carbocycles. The second-order valence-corrected chi connectivity index (χ2v) is 8.09. The first kappa shape index (κ1) is 26.2. The van der Waals surface area contributed by atoms with E-state index in [0.717, 1.165) is 11.1 Å². The van der Waals surface area contributed by atoms with Gasteiger partial charge in [-0.05, 0) is 55.7 Å². The number of carbonyl (C=O) groups excluding carboxylic acids is 2. The van der Waals surface area contributed by atoms with Gasteiger partial charge in [-0.25, -0.2) is 5.43 Å². The lowest BCUT2D eigenvalue weighted by Gasteiger charge is -2.17. The quantitative estimate of drug-likeness (QED) is 0.160. The average Bonchev–Trinajstić information content (AvgIpc) is 2.85. The van der Waals surface area contributed by atoms with Crippen molar-refractivity contribution in [3.63, 3.8) is 0 Å². The van der Waals surface area contributed by atoms with Crippen LogP contribution >= 0.6 is 0 Å². The van der Waals surface area contributed by atoms with Crippen LogP contribution in [-0.4, -0.2) is 24.6 Å².